The summed E-state index contributed by atoms with van der Waals surface area (Å²) in [5, 5.41) is 0. The van der Waals surface area contributed by atoms with Gasteiger partial charge in [-0.3, -0.25) is 9.69 Å². The van der Waals surface area contributed by atoms with Gasteiger partial charge in [0.2, 0.25) is 5.91 Å². The third-order valence-corrected chi connectivity index (χ3v) is 2.31. The van der Waals surface area contributed by atoms with Crippen LogP contribution in [-0.2, 0) is 4.79 Å². The minimum absolute atomic E-state index is 0.115. The zero-order valence-electron chi connectivity index (χ0n) is 8.68. The Morgan fingerprint density at radius 2 is 2.00 bits per heavy atom. The monoisotopic (exact) mass is 224 g/mol. The summed E-state index contributed by atoms with van der Waals surface area (Å²) in [6.45, 7) is 2.46. The van der Waals surface area contributed by atoms with Gasteiger partial charge in [0.1, 0.15) is 6.54 Å². The minimum Gasteiger partial charge on any atom is -0.331 e. The molecule has 1 fully saturated rings. The Labute approximate surface area is 86.8 Å². The highest BCUT2D eigenvalue weighted by atomic mass is 19.4. The number of alkyl halides is 3. The number of amides is 1. The van der Waals surface area contributed by atoms with Gasteiger partial charge in [-0.15, -0.1) is 0 Å². The molecule has 0 spiro atoms. The van der Waals surface area contributed by atoms with E-state index in [1.165, 1.54) is 0 Å². The molecule has 0 atom stereocenters. The Bertz CT molecular complexity index is 230. The zero-order chi connectivity index (χ0) is 11.5. The summed E-state index contributed by atoms with van der Waals surface area (Å²) in [6.07, 6.45) is -3.38. The molecule has 0 aromatic carbocycles. The molecule has 0 bridgehead atoms. The lowest BCUT2D eigenvalue weighted by atomic mass is 10.3. The standard InChI is InChI=1S/C9H15F3N2O/c1-2-3-13-4-5-14(8(15)6-13)7-9(10,11)12/h2-7H2,1H3. The second kappa shape index (κ2) is 4.83. The lowest BCUT2D eigenvalue weighted by molar-refractivity contribution is -0.165. The molecule has 0 unspecified atom stereocenters. The Morgan fingerprint density at radius 1 is 1.33 bits per heavy atom. The molecule has 88 valence electrons. The smallest absolute Gasteiger partial charge is 0.331 e. The van der Waals surface area contributed by atoms with Crippen LogP contribution < -0.4 is 0 Å². The third kappa shape index (κ3) is 4.07. The lowest BCUT2D eigenvalue weighted by Crippen LogP contribution is -2.52. The molecular formula is C9H15F3N2O. The van der Waals surface area contributed by atoms with Crippen molar-refractivity contribution in [3.05, 3.63) is 0 Å². The Morgan fingerprint density at radius 3 is 2.47 bits per heavy atom. The molecule has 0 radical (unpaired) electrons. The fourth-order valence-corrected chi connectivity index (χ4v) is 1.65. The van der Waals surface area contributed by atoms with Gasteiger partial charge in [0.25, 0.3) is 0 Å². The summed E-state index contributed by atoms with van der Waals surface area (Å²) in [4.78, 5) is 14.1. The molecule has 3 nitrogen and oxygen atoms in total. The summed E-state index contributed by atoms with van der Waals surface area (Å²) < 4.78 is 36.2. The summed E-state index contributed by atoms with van der Waals surface area (Å²) >= 11 is 0. The van der Waals surface area contributed by atoms with Crippen LogP contribution in [0.25, 0.3) is 0 Å². The molecule has 1 rings (SSSR count). The number of nitrogens with zero attached hydrogens (tertiary/aromatic N) is 2. The van der Waals surface area contributed by atoms with Crippen LogP contribution in [0.15, 0.2) is 0 Å². The molecule has 1 aliphatic rings. The maximum Gasteiger partial charge on any atom is 0.406 e. The Hall–Kier alpha value is -0.780. The van der Waals surface area contributed by atoms with Crippen LogP contribution in [0.3, 0.4) is 0 Å². The van der Waals surface area contributed by atoms with E-state index in [4.69, 9.17) is 0 Å². The van der Waals surface area contributed by atoms with Gasteiger partial charge in [0.05, 0.1) is 6.54 Å². The van der Waals surface area contributed by atoms with Crippen molar-refractivity contribution in [2.75, 3.05) is 32.7 Å². The van der Waals surface area contributed by atoms with Gasteiger partial charge in [-0.2, -0.15) is 13.2 Å². The zero-order valence-corrected chi connectivity index (χ0v) is 8.68. The molecule has 0 saturated carbocycles. The number of halogens is 3. The number of hydrogen-bond donors (Lipinski definition) is 0. The number of piperazine rings is 1. The van der Waals surface area contributed by atoms with Crippen molar-refractivity contribution in [2.45, 2.75) is 19.5 Å². The SMILES string of the molecule is CCCN1CCN(CC(F)(F)F)C(=O)C1. The predicted molar refractivity (Wildman–Crippen MR) is 49.4 cm³/mol. The van der Waals surface area contributed by atoms with Gasteiger partial charge < -0.3 is 4.90 Å². The van der Waals surface area contributed by atoms with Crippen LogP contribution in [0.1, 0.15) is 13.3 Å². The molecule has 0 aromatic heterocycles. The third-order valence-electron chi connectivity index (χ3n) is 2.31. The van der Waals surface area contributed by atoms with Crippen molar-refractivity contribution in [3.63, 3.8) is 0 Å². The molecule has 0 aromatic rings. The number of carbonyl (C=O) groups is 1. The van der Waals surface area contributed by atoms with Gasteiger partial charge in [-0.1, -0.05) is 6.92 Å². The normalized spacial score (nSPS) is 19.7. The van der Waals surface area contributed by atoms with Crippen molar-refractivity contribution in [2.24, 2.45) is 0 Å². The molecule has 1 aliphatic heterocycles. The van der Waals surface area contributed by atoms with Crippen molar-refractivity contribution >= 4 is 5.91 Å². The number of hydrogen-bond acceptors (Lipinski definition) is 2. The van der Waals surface area contributed by atoms with Crippen LogP contribution in [0.2, 0.25) is 0 Å². The Balaban J connectivity index is 2.42. The van der Waals surface area contributed by atoms with Gasteiger partial charge in [0, 0.05) is 13.1 Å². The van der Waals surface area contributed by atoms with Gasteiger partial charge in [0.15, 0.2) is 0 Å². The molecule has 1 saturated heterocycles. The predicted octanol–water partition coefficient (Wildman–Crippen LogP) is 1.10. The molecule has 15 heavy (non-hydrogen) atoms. The number of carbonyl (C=O) groups excluding carboxylic acids is 1. The summed E-state index contributed by atoms with van der Waals surface area (Å²) in [6, 6.07) is 0. The highest BCUT2D eigenvalue weighted by Gasteiger charge is 2.35. The van der Waals surface area contributed by atoms with Crippen molar-refractivity contribution in [3.8, 4) is 0 Å². The van der Waals surface area contributed by atoms with Gasteiger partial charge >= 0.3 is 6.18 Å². The first kappa shape index (κ1) is 12.3. The fraction of sp³-hybridized carbons (Fsp3) is 0.889. The van der Waals surface area contributed by atoms with Crippen molar-refractivity contribution < 1.29 is 18.0 Å². The molecule has 1 heterocycles. The van der Waals surface area contributed by atoms with E-state index < -0.39 is 18.6 Å². The van der Waals surface area contributed by atoms with Crippen LogP contribution in [-0.4, -0.2) is 54.6 Å². The van der Waals surface area contributed by atoms with Gasteiger partial charge in [-0.05, 0) is 13.0 Å². The van der Waals surface area contributed by atoms with E-state index in [-0.39, 0.29) is 13.1 Å². The highest BCUT2D eigenvalue weighted by molar-refractivity contribution is 5.79. The average molecular weight is 224 g/mol. The lowest BCUT2D eigenvalue weighted by Gasteiger charge is -2.34. The molecule has 0 N–H and O–H groups in total. The summed E-state index contributed by atoms with van der Waals surface area (Å²) in [7, 11) is 0. The van der Waals surface area contributed by atoms with Crippen molar-refractivity contribution in [1.82, 2.24) is 9.80 Å². The topological polar surface area (TPSA) is 23.6 Å². The number of rotatable bonds is 3. The maximum atomic E-state index is 12.1. The molecular weight excluding hydrogens is 209 g/mol. The van der Waals surface area contributed by atoms with E-state index in [1.54, 1.807) is 0 Å². The molecule has 0 aliphatic carbocycles. The van der Waals surface area contributed by atoms with E-state index in [1.807, 2.05) is 11.8 Å². The van der Waals surface area contributed by atoms with E-state index in [0.717, 1.165) is 17.9 Å². The largest absolute Gasteiger partial charge is 0.406 e. The second-order valence-electron chi connectivity index (χ2n) is 3.71. The minimum atomic E-state index is -4.29. The first-order chi connectivity index (χ1) is 6.92. The van der Waals surface area contributed by atoms with E-state index >= 15 is 0 Å². The molecule has 6 heteroatoms. The van der Waals surface area contributed by atoms with Crippen molar-refractivity contribution in [1.29, 1.82) is 0 Å². The van der Waals surface area contributed by atoms with E-state index in [2.05, 4.69) is 0 Å². The van der Waals surface area contributed by atoms with E-state index in [0.29, 0.717) is 6.54 Å². The Kier molecular flexibility index (Phi) is 3.96. The van der Waals surface area contributed by atoms with Crippen LogP contribution in [0.4, 0.5) is 13.2 Å². The van der Waals surface area contributed by atoms with Crippen LogP contribution in [0.5, 0.6) is 0 Å². The summed E-state index contributed by atoms with van der Waals surface area (Å²) in [5.41, 5.74) is 0. The maximum absolute atomic E-state index is 12.1. The summed E-state index contributed by atoms with van der Waals surface area (Å²) in [5.74, 6) is -0.424. The van der Waals surface area contributed by atoms with Crippen LogP contribution in [0, 0.1) is 0 Å². The fourth-order valence-electron chi connectivity index (χ4n) is 1.65. The first-order valence-electron chi connectivity index (χ1n) is 4.99. The second-order valence-corrected chi connectivity index (χ2v) is 3.71. The first-order valence-corrected chi connectivity index (χ1v) is 4.99. The highest BCUT2D eigenvalue weighted by Crippen LogP contribution is 2.17. The molecule has 1 amide bonds. The van der Waals surface area contributed by atoms with Crippen LogP contribution >= 0.6 is 0 Å². The quantitative estimate of drug-likeness (QED) is 0.716. The average Bonchev–Trinajstić information content (AvgIpc) is 2.08. The van der Waals surface area contributed by atoms with Gasteiger partial charge in [-0.25, -0.2) is 0 Å². The van der Waals surface area contributed by atoms with E-state index in [9.17, 15) is 18.0 Å².